The first kappa shape index (κ1) is 9.16. The second kappa shape index (κ2) is 3.81. The van der Waals surface area contributed by atoms with E-state index in [-0.39, 0.29) is 0 Å². The highest BCUT2D eigenvalue weighted by Gasteiger charge is 2.21. The van der Waals surface area contributed by atoms with Gasteiger partial charge < -0.3 is 4.57 Å². The molecule has 1 aliphatic rings. The van der Waals surface area contributed by atoms with Crippen LogP contribution in [-0.2, 0) is 6.54 Å². The van der Waals surface area contributed by atoms with Gasteiger partial charge in [-0.3, -0.25) is 0 Å². The predicted octanol–water partition coefficient (Wildman–Crippen LogP) is 3.41. The Labute approximate surface area is 93.6 Å². The van der Waals surface area contributed by atoms with Crippen molar-refractivity contribution in [1.29, 1.82) is 0 Å². The number of hydrogen-bond acceptors (Lipinski definition) is 2. The molecule has 0 aromatic carbocycles. The summed E-state index contributed by atoms with van der Waals surface area (Å²) in [5.74, 6) is 2.12. The van der Waals surface area contributed by atoms with E-state index in [9.17, 15) is 0 Å². The minimum atomic E-state index is 0.989. The summed E-state index contributed by atoms with van der Waals surface area (Å²) in [7, 11) is 0. The van der Waals surface area contributed by atoms with Crippen LogP contribution in [0.3, 0.4) is 0 Å². The molecule has 15 heavy (non-hydrogen) atoms. The van der Waals surface area contributed by atoms with Gasteiger partial charge in [0.25, 0.3) is 0 Å². The smallest absolute Gasteiger partial charge is 0.149 e. The number of thiophene rings is 1. The van der Waals surface area contributed by atoms with Crippen molar-refractivity contribution in [2.24, 2.45) is 5.92 Å². The molecule has 0 spiro atoms. The van der Waals surface area contributed by atoms with Crippen molar-refractivity contribution in [1.82, 2.24) is 9.55 Å². The summed E-state index contributed by atoms with van der Waals surface area (Å²) in [6.07, 6.45) is 8.18. The Kier molecular flexibility index (Phi) is 2.33. The second-order valence-corrected chi connectivity index (χ2v) is 5.10. The molecule has 78 valence electrons. The van der Waals surface area contributed by atoms with Crippen LogP contribution in [0.15, 0.2) is 29.9 Å². The molecule has 1 fully saturated rings. The first-order valence-corrected chi connectivity index (χ1v) is 6.36. The largest absolute Gasteiger partial charge is 0.330 e. The minimum absolute atomic E-state index is 0.989. The van der Waals surface area contributed by atoms with Gasteiger partial charge in [0.05, 0.1) is 4.88 Å². The zero-order chi connectivity index (χ0) is 10.1. The maximum atomic E-state index is 4.43. The fourth-order valence-corrected chi connectivity index (χ4v) is 2.58. The summed E-state index contributed by atoms with van der Waals surface area (Å²) < 4.78 is 2.28. The predicted molar refractivity (Wildman–Crippen MR) is 62.9 cm³/mol. The van der Waals surface area contributed by atoms with Gasteiger partial charge >= 0.3 is 0 Å². The lowest BCUT2D eigenvalue weighted by atomic mass is 10.3. The van der Waals surface area contributed by atoms with Crippen LogP contribution >= 0.6 is 11.3 Å². The number of aryl methyl sites for hydroxylation is 1. The van der Waals surface area contributed by atoms with E-state index in [0.717, 1.165) is 18.3 Å². The molecule has 1 aliphatic carbocycles. The Bertz CT molecular complexity index is 426. The SMILES string of the molecule is c1csc(-c2nccn2CCC2CC2)c1. The van der Waals surface area contributed by atoms with Gasteiger partial charge in [0.1, 0.15) is 5.82 Å². The maximum Gasteiger partial charge on any atom is 0.149 e. The summed E-state index contributed by atoms with van der Waals surface area (Å²) >= 11 is 1.76. The second-order valence-electron chi connectivity index (χ2n) is 4.15. The highest BCUT2D eigenvalue weighted by Crippen LogP contribution is 2.33. The molecule has 0 amide bonds. The zero-order valence-electron chi connectivity index (χ0n) is 8.60. The lowest BCUT2D eigenvalue weighted by molar-refractivity contribution is 0.601. The molecule has 0 bridgehead atoms. The van der Waals surface area contributed by atoms with Crippen LogP contribution in [0.25, 0.3) is 10.7 Å². The summed E-state index contributed by atoms with van der Waals surface area (Å²) in [5.41, 5.74) is 0. The average Bonchev–Trinajstić information content (AvgIpc) is 2.79. The van der Waals surface area contributed by atoms with Crippen LogP contribution < -0.4 is 0 Å². The van der Waals surface area contributed by atoms with Crippen molar-refractivity contribution >= 4 is 11.3 Å². The van der Waals surface area contributed by atoms with Gasteiger partial charge in [-0.25, -0.2) is 4.98 Å². The molecule has 1 saturated carbocycles. The number of rotatable bonds is 4. The molecule has 0 radical (unpaired) electrons. The van der Waals surface area contributed by atoms with Gasteiger partial charge in [0, 0.05) is 18.9 Å². The Morgan fingerprint density at radius 1 is 1.47 bits per heavy atom. The van der Waals surface area contributed by atoms with E-state index in [1.165, 1.54) is 24.1 Å². The summed E-state index contributed by atoms with van der Waals surface area (Å²) in [6, 6.07) is 4.22. The molecule has 0 N–H and O–H groups in total. The molecule has 0 atom stereocenters. The normalized spacial score (nSPS) is 15.7. The van der Waals surface area contributed by atoms with Gasteiger partial charge in [-0.15, -0.1) is 11.3 Å². The molecule has 2 aromatic heterocycles. The maximum absolute atomic E-state index is 4.43. The van der Waals surface area contributed by atoms with Crippen molar-refractivity contribution in [3.8, 4) is 10.7 Å². The van der Waals surface area contributed by atoms with Crippen LogP contribution in [0.1, 0.15) is 19.3 Å². The van der Waals surface area contributed by atoms with E-state index >= 15 is 0 Å². The van der Waals surface area contributed by atoms with E-state index in [2.05, 4.69) is 33.3 Å². The van der Waals surface area contributed by atoms with Gasteiger partial charge in [-0.2, -0.15) is 0 Å². The molecular formula is C12H14N2S. The Morgan fingerprint density at radius 2 is 2.40 bits per heavy atom. The third kappa shape index (κ3) is 1.97. The Hall–Kier alpha value is -1.09. The first-order valence-electron chi connectivity index (χ1n) is 5.48. The molecule has 3 rings (SSSR count). The van der Waals surface area contributed by atoms with E-state index in [4.69, 9.17) is 0 Å². The van der Waals surface area contributed by atoms with Crippen LogP contribution in [0.5, 0.6) is 0 Å². The van der Waals surface area contributed by atoms with Crippen molar-refractivity contribution in [3.05, 3.63) is 29.9 Å². The molecule has 2 aromatic rings. The first-order chi connectivity index (χ1) is 7.43. The molecule has 0 aliphatic heterocycles. The van der Waals surface area contributed by atoms with Gasteiger partial charge in [-0.1, -0.05) is 18.9 Å². The standard InChI is InChI=1S/C12H14N2S/c1-2-11(15-9-1)12-13-6-8-14(12)7-5-10-3-4-10/h1-2,6,8-10H,3-5,7H2. The van der Waals surface area contributed by atoms with Crippen molar-refractivity contribution in [2.45, 2.75) is 25.8 Å². The fraction of sp³-hybridized carbons (Fsp3) is 0.417. The lowest BCUT2D eigenvalue weighted by Crippen LogP contribution is -1.99. The highest BCUT2D eigenvalue weighted by molar-refractivity contribution is 7.13. The number of imidazole rings is 1. The van der Waals surface area contributed by atoms with E-state index in [0.29, 0.717) is 0 Å². The number of hydrogen-bond donors (Lipinski definition) is 0. The van der Waals surface area contributed by atoms with Crippen molar-refractivity contribution < 1.29 is 0 Å². The fourth-order valence-electron chi connectivity index (χ4n) is 1.85. The summed E-state index contributed by atoms with van der Waals surface area (Å²) in [6.45, 7) is 1.12. The minimum Gasteiger partial charge on any atom is -0.330 e. The Morgan fingerprint density at radius 3 is 3.13 bits per heavy atom. The summed E-state index contributed by atoms with van der Waals surface area (Å²) in [4.78, 5) is 5.70. The highest BCUT2D eigenvalue weighted by atomic mass is 32.1. The van der Waals surface area contributed by atoms with Crippen LogP contribution in [0, 0.1) is 5.92 Å². The van der Waals surface area contributed by atoms with Crippen LogP contribution in [-0.4, -0.2) is 9.55 Å². The number of aromatic nitrogens is 2. The molecule has 2 nitrogen and oxygen atoms in total. The molecular weight excluding hydrogens is 204 g/mol. The monoisotopic (exact) mass is 218 g/mol. The molecule has 2 heterocycles. The zero-order valence-corrected chi connectivity index (χ0v) is 9.41. The number of nitrogens with zero attached hydrogens (tertiary/aromatic N) is 2. The van der Waals surface area contributed by atoms with E-state index in [1.807, 2.05) is 6.20 Å². The van der Waals surface area contributed by atoms with Gasteiger partial charge in [0.2, 0.25) is 0 Å². The average molecular weight is 218 g/mol. The summed E-state index contributed by atoms with van der Waals surface area (Å²) in [5, 5.41) is 2.11. The Balaban J connectivity index is 1.79. The third-order valence-corrected chi connectivity index (χ3v) is 3.80. The topological polar surface area (TPSA) is 17.8 Å². The van der Waals surface area contributed by atoms with E-state index in [1.54, 1.807) is 11.3 Å². The van der Waals surface area contributed by atoms with Gasteiger partial charge in [0.15, 0.2) is 0 Å². The van der Waals surface area contributed by atoms with E-state index < -0.39 is 0 Å². The van der Waals surface area contributed by atoms with Crippen LogP contribution in [0.2, 0.25) is 0 Å². The van der Waals surface area contributed by atoms with Gasteiger partial charge in [-0.05, 0) is 23.8 Å². The molecule has 0 saturated heterocycles. The van der Waals surface area contributed by atoms with Crippen molar-refractivity contribution in [2.75, 3.05) is 0 Å². The molecule has 3 heteroatoms. The lowest BCUT2D eigenvalue weighted by Gasteiger charge is -2.05. The quantitative estimate of drug-likeness (QED) is 0.769. The van der Waals surface area contributed by atoms with Crippen LogP contribution in [0.4, 0.5) is 0 Å². The molecule has 0 unspecified atom stereocenters. The third-order valence-electron chi connectivity index (χ3n) is 2.93. The van der Waals surface area contributed by atoms with Crippen molar-refractivity contribution in [3.63, 3.8) is 0 Å².